The fourth-order valence-corrected chi connectivity index (χ4v) is 7.39. The van der Waals surface area contributed by atoms with Crippen LogP contribution in [-0.4, -0.2) is 35.8 Å². The number of Topliss-reactive ketones (excluding diaryl/α,β-unsaturated/α-hetero) is 3. The molecular formula is C30H20BrNO3. The molecule has 1 fully saturated rings. The van der Waals surface area contributed by atoms with Crippen LogP contribution in [0.3, 0.4) is 0 Å². The first kappa shape index (κ1) is 20.9. The van der Waals surface area contributed by atoms with Gasteiger partial charge in [-0.1, -0.05) is 88.7 Å². The SMILES string of the molecule is CN1CC(c2ccc(Br)cc2)C2(C(=O)c3ccccc3C2=O)C12C(=O)c1cccc3cccc2c13. The normalized spacial score (nSPS) is 24.3. The van der Waals surface area contributed by atoms with Gasteiger partial charge in [-0.05, 0) is 41.1 Å². The number of hydrogen-bond donors (Lipinski definition) is 0. The summed E-state index contributed by atoms with van der Waals surface area (Å²) in [5.41, 5.74) is 0.0208. The maximum Gasteiger partial charge on any atom is 0.189 e. The average Bonchev–Trinajstić information content (AvgIpc) is 3.40. The highest BCUT2D eigenvalue weighted by Crippen LogP contribution is 2.67. The van der Waals surface area contributed by atoms with Gasteiger partial charge < -0.3 is 0 Å². The standard InChI is InChI=1S/C30H20BrNO3/c1-32-16-24(17-12-14-19(31)15-13-17)29(26(33)20-8-2-3-9-21(20)27(29)34)30(32)23-11-5-7-18-6-4-10-22(25(18)23)28(30)35/h2-15,24H,16H2,1H3. The van der Waals surface area contributed by atoms with E-state index in [-0.39, 0.29) is 17.3 Å². The number of rotatable bonds is 1. The maximum atomic E-state index is 14.6. The Bertz CT molecular complexity index is 1580. The molecule has 1 saturated heterocycles. The number of likely N-dealkylation sites (tertiary alicyclic amines) is 1. The predicted octanol–water partition coefficient (Wildman–Crippen LogP) is 5.79. The number of carbonyl (C=O) groups excluding carboxylic acids is 3. The van der Waals surface area contributed by atoms with Gasteiger partial charge in [0.15, 0.2) is 17.3 Å². The van der Waals surface area contributed by atoms with Gasteiger partial charge in [0, 0.05) is 33.6 Å². The Morgan fingerprint density at radius 2 is 1.34 bits per heavy atom. The molecule has 0 amide bonds. The number of hydrogen-bond acceptors (Lipinski definition) is 4. The van der Waals surface area contributed by atoms with E-state index in [0.29, 0.717) is 23.2 Å². The molecule has 0 aromatic heterocycles. The molecule has 7 rings (SSSR count). The van der Waals surface area contributed by atoms with Crippen molar-refractivity contribution in [2.75, 3.05) is 13.6 Å². The lowest BCUT2D eigenvalue weighted by atomic mass is 9.57. The monoisotopic (exact) mass is 521 g/mol. The molecule has 2 unspecified atom stereocenters. The Balaban J connectivity index is 1.62. The van der Waals surface area contributed by atoms with Crippen molar-refractivity contribution in [1.29, 1.82) is 0 Å². The van der Waals surface area contributed by atoms with Gasteiger partial charge in [-0.2, -0.15) is 0 Å². The van der Waals surface area contributed by atoms with Gasteiger partial charge in [0.1, 0.15) is 11.0 Å². The molecule has 170 valence electrons. The van der Waals surface area contributed by atoms with Crippen LogP contribution in [0, 0.1) is 5.41 Å². The smallest absolute Gasteiger partial charge is 0.189 e. The van der Waals surface area contributed by atoms with Crippen molar-refractivity contribution in [2.24, 2.45) is 5.41 Å². The molecule has 3 aliphatic rings. The quantitative estimate of drug-likeness (QED) is 0.297. The Kier molecular flexibility index (Phi) is 4.09. The van der Waals surface area contributed by atoms with Crippen LogP contribution in [-0.2, 0) is 5.54 Å². The molecule has 5 heteroatoms. The van der Waals surface area contributed by atoms with E-state index in [9.17, 15) is 14.4 Å². The van der Waals surface area contributed by atoms with Crippen LogP contribution in [0.15, 0.2) is 89.4 Å². The van der Waals surface area contributed by atoms with Gasteiger partial charge in [0.25, 0.3) is 0 Å². The zero-order chi connectivity index (χ0) is 24.1. The molecule has 4 aromatic rings. The summed E-state index contributed by atoms with van der Waals surface area (Å²) in [6, 6.07) is 26.3. The third-order valence-corrected chi connectivity index (χ3v) is 8.92. The van der Waals surface area contributed by atoms with Gasteiger partial charge in [-0.3, -0.25) is 19.3 Å². The van der Waals surface area contributed by atoms with E-state index in [0.717, 1.165) is 26.4 Å². The molecule has 0 N–H and O–H groups in total. The van der Waals surface area contributed by atoms with Crippen molar-refractivity contribution in [2.45, 2.75) is 11.5 Å². The summed E-state index contributed by atoms with van der Waals surface area (Å²) in [5.74, 6) is -1.16. The molecule has 2 aliphatic carbocycles. The van der Waals surface area contributed by atoms with Crippen molar-refractivity contribution in [3.63, 3.8) is 0 Å². The molecule has 4 aromatic carbocycles. The molecule has 35 heavy (non-hydrogen) atoms. The van der Waals surface area contributed by atoms with E-state index in [2.05, 4.69) is 15.9 Å². The summed E-state index contributed by atoms with van der Waals surface area (Å²) < 4.78 is 0.915. The molecule has 4 nitrogen and oxygen atoms in total. The lowest BCUT2D eigenvalue weighted by molar-refractivity contribution is 0.0320. The number of likely N-dealkylation sites (N-methyl/N-ethyl adjacent to an activating group) is 1. The molecular weight excluding hydrogens is 502 g/mol. The summed E-state index contributed by atoms with van der Waals surface area (Å²) in [4.78, 5) is 45.8. The highest BCUT2D eigenvalue weighted by Gasteiger charge is 2.78. The molecule has 1 heterocycles. The van der Waals surface area contributed by atoms with Crippen LogP contribution in [0.4, 0.5) is 0 Å². The summed E-state index contributed by atoms with van der Waals surface area (Å²) in [6.07, 6.45) is 0. The van der Waals surface area contributed by atoms with Crippen LogP contribution >= 0.6 is 15.9 Å². The van der Waals surface area contributed by atoms with Crippen molar-refractivity contribution >= 4 is 44.1 Å². The molecule has 0 saturated carbocycles. The third-order valence-electron chi connectivity index (χ3n) is 8.40. The maximum absolute atomic E-state index is 14.6. The number of fused-ring (bicyclic) bond motifs is 3. The van der Waals surface area contributed by atoms with Gasteiger partial charge in [-0.15, -0.1) is 0 Å². The number of benzene rings is 4. The van der Waals surface area contributed by atoms with E-state index in [4.69, 9.17) is 0 Å². The molecule has 0 radical (unpaired) electrons. The van der Waals surface area contributed by atoms with Crippen LogP contribution in [0.1, 0.15) is 48.1 Å². The van der Waals surface area contributed by atoms with Crippen molar-refractivity contribution in [1.82, 2.24) is 4.90 Å². The minimum absolute atomic E-state index is 0.166. The van der Waals surface area contributed by atoms with Gasteiger partial charge in [-0.25, -0.2) is 0 Å². The largest absolute Gasteiger partial charge is 0.293 e. The summed E-state index contributed by atoms with van der Waals surface area (Å²) in [7, 11) is 1.88. The summed E-state index contributed by atoms with van der Waals surface area (Å²) >= 11 is 3.50. The first-order chi connectivity index (χ1) is 16.9. The fourth-order valence-electron chi connectivity index (χ4n) is 7.12. The molecule has 2 spiro atoms. The Morgan fingerprint density at radius 3 is 2.00 bits per heavy atom. The topological polar surface area (TPSA) is 54.5 Å². The zero-order valence-electron chi connectivity index (χ0n) is 18.9. The average molecular weight is 522 g/mol. The van der Waals surface area contributed by atoms with Crippen LogP contribution in [0.2, 0.25) is 0 Å². The van der Waals surface area contributed by atoms with Gasteiger partial charge in [0.05, 0.1) is 0 Å². The van der Waals surface area contributed by atoms with Crippen molar-refractivity contribution in [3.8, 4) is 0 Å². The second-order valence-corrected chi connectivity index (χ2v) is 10.7. The van der Waals surface area contributed by atoms with E-state index in [1.165, 1.54) is 0 Å². The van der Waals surface area contributed by atoms with Crippen LogP contribution in [0.5, 0.6) is 0 Å². The Labute approximate surface area is 210 Å². The molecule has 0 bridgehead atoms. The van der Waals surface area contributed by atoms with E-state index in [1.54, 1.807) is 24.3 Å². The fraction of sp³-hybridized carbons (Fsp3) is 0.167. The highest BCUT2D eigenvalue weighted by atomic mass is 79.9. The van der Waals surface area contributed by atoms with Crippen LogP contribution < -0.4 is 0 Å². The molecule has 1 aliphatic heterocycles. The number of carbonyl (C=O) groups is 3. The van der Waals surface area contributed by atoms with Crippen molar-refractivity contribution < 1.29 is 14.4 Å². The Hall–Kier alpha value is -3.41. The van der Waals surface area contributed by atoms with Crippen molar-refractivity contribution in [3.05, 3.63) is 117 Å². The van der Waals surface area contributed by atoms with Crippen LogP contribution in [0.25, 0.3) is 10.8 Å². The first-order valence-electron chi connectivity index (χ1n) is 11.7. The van der Waals surface area contributed by atoms with E-state index >= 15 is 0 Å². The lowest BCUT2D eigenvalue weighted by Gasteiger charge is -2.43. The second kappa shape index (κ2) is 6.84. The minimum Gasteiger partial charge on any atom is -0.293 e. The number of nitrogens with zero attached hydrogens (tertiary/aromatic N) is 1. The highest BCUT2D eigenvalue weighted by molar-refractivity contribution is 9.10. The summed E-state index contributed by atoms with van der Waals surface area (Å²) in [6.45, 7) is 0.406. The first-order valence-corrected chi connectivity index (χ1v) is 12.5. The van der Waals surface area contributed by atoms with Gasteiger partial charge in [0.2, 0.25) is 0 Å². The van der Waals surface area contributed by atoms with E-state index in [1.807, 2.05) is 72.6 Å². The second-order valence-electron chi connectivity index (χ2n) is 9.75. The Morgan fingerprint density at radius 1 is 0.743 bits per heavy atom. The van der Waals surface area contributed by atoms with Gasteiger partial charge >= 0.3 is 0 Å². The summed E-state index contributed by atoms with van der Waals surface area (Å²) in [5, 5.41) is 1.79. The zero-order valence-corrected chi connectivity index (χ0v) is 20.5. The molecule has 2 atom stereocenters. The number of ketones is 3. The minimum atomic E-state index is -1.59. The number of halogens is 1. The van der Waals surface area contributed by atoms with E-state index < -0.39 is 16.9 Å². The third kappa shape index (κ3) is 2.20. The lowest BCUT2D eigenvalue weighted by Crippen LogP contribution is -2.59. The predicted molar refractivity (Wildman–Crippen MR) is 137 cm³/mol.